The lowest BCUT2D eigenvalue weighted by Crippen LogP contribution is -2.01. The first-order chi connectivity index (χ1) is 3.93. The van der Waals surface area contributed by atoms with Gasteiger partial charge in [-0.25, -0.2) is 0 Å². The Kier molecular flexibility index (Phi) is 2.15. The minimum absolute atomic E-state index is 0.625. The average molecular weight is 127 g/mol. The van der Waals surface area contributed by atoms with Crippen LogP contribution in [0.3, 0.4) is 0 Å². The molecule has 0 spiro atoms. The van der Waals surface area contributed by atoms with Gasteiger partial charge < -0.3 is 0 Å². The van der Waals surface area contributed by atoms with E-state index in [2.05, 4.69) is 11.9 Å². The zero-order chi connectivity index (χ0) is 5.82. The van der Waals surface area contributed by atoms with Gasteiger partial charge in [-0.15, -0.1) is 11.8 Å². The second kappa shape index (κ2) is 2.92. The van der Waals surface area contributed by atoms with Gasteiger partial charge in [0, 0.05) is 17.7 Å². The molecule has 0 aromatic rings. The van der Waals surface area contributed by atoms with Crippen LogP contribution >= 0.6 is 11.8 Å². The molecule has 0 saturated carbocycles. The van der Waals surface area contributed by atoms with Crippen molar-refractivity contribution in [3.8, 4) is 0 Å². The Hall–Kier alpha value is -0.240. The molecule has 0 aromatic carbocycles. The van der Waals surface area contributed by atoms with Crippen LogP contribution in [0.4, 0.5) is 0 Å². The molecule has 0 bridgehead atoms. The normalized spacial score (nSPS) is 26.4. The smallest absolute Gasteiger partial charge is 0.0440 e. The highest BCUT2D eigenvalue weighted by molar-refractivity contribution is 8.03. The number of hydrogen-bond donors (Lipinski definition) is 0. The van der Waals surface area contributed by atoms with Crippen molar-refractivity contribution in [2.24, 2.45) is 4.99 Å². The Balaban J connectivity index is 2.40. The number of thioether (sulfide) groups is 1. The number of nitrogens with zero attached hydrogens (tertiary/aromatic N) is 1. The molecule has 1 nitrogen and oxygen atoms in total. The van der Waals surface area contributed by atoms with Crippen LogP contribution < -0.4 is 0 Å². The predicted octanol–water partition coefficient (Wildman–Crippen LogP) is 2.05. The quantitative estimate of drug-likeness (QED) is 0.525. The Labute approximate surface area is 53.9 Å². The van der Waals surface area contributed by atoms with E-state index in [1.165, 1.54) is 6.42 Å². The van der Waals surface area contributed by atoms with E-state index in [1.807, 2.05) is 29.6 Å². The van der Waals surface area contributed by atoms with Crippen LogP contribution in [0.1, 0.15) is 13.3 Å². The van der Waals surface area contributed by atoms with Crippen molar-refractivity contribution in [1.29, 1.82) is 0 Å². The second-order valence-corrected chi connectivity index (χ2v) is 2.82. The summed E-state index contributed by atoms with van der Waals surface area (Å²) in [6, 6.07) is 0. The highest BCUT2D eigenvalue weighted by Gasteiger charge is 2.01. The van der Waals surface area contributed by atoms with E-state index in [4.69, 9.17) is 0 Å². The lowest BCUT2D eigenvalue weighted by atomic mass is 10.3. The summed E-state index contributed by atoms with van der Waals surface area (Å²) in [5, 5.41) is 2.66. The van der Waals surface area contributed by atoms with Crippen molar-refractivity contribution >= 4 is 18.0 Å². The first-order valence-corrected chi connectivity index (χ1v) is 3.71. The number of aliphatic imine (C=N–C) groups is 1. The maximum atomic E-state index is 4.00. The second-order valence-electron chi connectivity index (χ2n) is 1.67. The highest BCUT2D eigenvalue weighted by Crippen LogP contribution is 2.16. The van der Waals surface area contributed by atoms with Gasteiger partial charge in [-0.3, -0.25) is 4.99 Å². The molecule has 1 atom stereocenters. The summed E-state index contributed by atoms with van der Waals surface area (Å²) in [4.78, 5) is 4.00. The summed E-state index contributed by atoms with van der Waals surface area (Å²) >= 11 is 1.83. The maximum absolute atomic E-state index is 4.00. The first kappa shape index (κ1) is 5.89. The van der Waals surface area contributed by atoms with Crippen LogP contribution in [-0.2, 0) is 0 Å². The molecule has 0 saturated heterocycles. The summed E-state index contributed by atoms with van der Waals surface area (Å²) in [7, 11) is 0. The molecule has 0 aromatic heterocycles. The molecule has 1 aliphatic rings. The standard InChI is InChI=1S/C6H9NS/c1-2-6-5-7-3-4-8-6/h3-6H,2H2,1H3. The van der Waals surface area contributed by atoms with Crippen LogP contribution in [0, 0.1) is 0 Å². The fourth-order valence-corrected chi connectivity index (χ4v) is 1.23. The summed E-state index contributed by atoms with van der Waals surface area (Å²) in [5.41, 5.74) is 0. The van der Waals surface area contributed by atoms with E-state index in [1.54, 1.807) is 0 Å². The van der Waals surface area contributed by atoms with Gasteiger partial charge in [0.05, 0.1) is 0 Å². The molecule has 0 aliphatic carbocycles. The zero-order valence-electron chi connectivity index (χ0n) is 4.87. The van der Waals surface area contributed by atoms with Crippen molar-refractivity contribution in [1.82, 2.24) is 0 Å². The van der Waals surface area contributed by atoms with E-state index in [-0.39, 0.29) is 0 Å². The Morgan fingerprint density at radius 1 is 1.75 bits per heavy atom. The fourth-order valence-electron chi connectivity index (χ4n) is 0.554. The predicted molar refractivity (Wildman–Crippen MR) is 39.3 cm³/mol. The van der Waals surface area contributed by atoms with Crippen molar-refractivity contribution in [2.75, 3.05) is 0 Å². The SMILES string of the molecule is CCC1C=NC=CS1. The van der Waals surface area contributed by atoms with Crippen molar-refractivity contribution < 1.29 is 0 Å². The molecule has 1 aliphatic heterocycles. The van der Waals surface area contributed by atoms with Gasteiger partial charge in [0.25, 0.3) is 0 Å². The molecule has 1 heterocycles. The highest BCUT2D eigenvalue weighted by atomic mass is 32.2. The van der Waals surface area contributed by atoms with E-state index < -0.39 is 0 Å². The number of hydrogen-bond acceptors (Lipinski definition) is 2. The third-order valence-electron chi connectivity index (χ3n) is 1.05. The van der Waals surface area contributed by atoms with Crippen molar-refractivity contribution in [2.45, 2.75) is 18.6 Å². The maximum Gasteiger partial charge on any atom is 0.0440 e. The van der Waals surface area contributed by atoms with Gasteiger partial charge in [-0.1, -0.05) is 6.92 Å². The molecule has 2 heteroatoms. The Morgan fingerprint density at radius 3 is 3.00 bits per heavy atom. The third-order valence-corrected chi connectivity index (χ3v) is 2.14. The minimum Gasteiger partial charge on any atom is -0.267 e. The molecular formula is C6H9NS. The topological polar surface area (TPSA) is 12.4 Å². The first-order valence-electron chi connectivity index (χ1n) is 2.77. The Morgan fingerprint density at radius 2 is 2.62 bits per heavy atom. The van der Waals surface area contributed by atoms with Gasteiger partial charge in [-0.2, -0.15) is 0 Å². The molecule has 8 heavy (non-hydrogen) atoms. The minimum atomic E-state index is 0.625. The van der Waals surface area contributed by atoms with E-state index in [0.717, 1.165) is 0 Å². The molecule has 0 fully saturated rings. The van der Waals surface area contributed by atoms with Gasteiger partial charge in [0.1, 0.15) is 0 Å². The van der Waals surface area contributed by atoms with E-state index in [9.17, 15) is 0 Å². The summed E-state index contributed by atoms with van der Waals surface area (Å²) in [5.74, 6) is 0. The summed E-state index contributed by atoms with van der Waals surface area (Å²) in [6.45, 7) is 2.17. The van der Waals surface area contributed by atoms with Gasteiger partial charge in [-0.05, 0) is 11.8 Å². The van der Waals surface area contributed by atoms with E-state index in [0.29, 0.717) is 5.25 Å². The van der Waals surface area contributed by atoms with Gasteiger partial charge in [0.15, 0.2) is 0 Å². The Bertz CT molecular complexity index is 118. The van der Waals surface area contributed by atoms with Crippen LogP contribution in [0.5, 0.6) is 0 Å². The molecule has 44 valence electrons. The van der Waals surface area contributed by atoms with Crippen LogP contribution in [0.15, 0.2) is 16.6 Å². The molecule has 1 unspecified atom stereocenters. The zero-order valence-corrected chi connectivity index (χ0v) is 5.69. The lowest BCUT2D eigenvalue weighted by molar-refractivity contribution is 1.02. The summed E-state index contributed by atoms with van der Waals surface area (Å²) in [6.07, 6.45) is 5.00. The molecule has 0 radical (unpaired) electrons. The number of rotatable bonds is 1. The third kappa shape index (κ3) is 1.37. The van der Waals surface area contributed by atoms with Crippen LogP contribution in [0.25, 0.3) is 0 Å². The largest absolute Gasteiger partial charge is 0.267 e. The molecular weight excluding hydrogens is 118 g/mol. The summed E-state index contributed by atoms with van der Waals surface area (Å²) < 4.78 is 0. The molecule has 1 rings (SSSR count). The van der Waals surface area contributed by atoms with Crippen molar-refractivity contribution in [3.63, 3.8) is 0 Å². The molecule has 0 N–H and O–H groups in total. The fraction of sp³-hybridized carbons (Fsp3) is 0.500. The van der Waals surface area contributed by atoms with Crippen LogP contribution in [-0.4, -0.2) is 11.5 Å². The van der Waals surface area contributed by atoms with E-state index >= 15 is 0 Å². The van der Waals surface area contributed by atoms with Gasteiger partial charge in [0.2, 0.25) is 0 Å². The van der Waals surface area contributed by atoms with Gasteiger partial charge >= 0.3 is 0 Å². The van der Waals surface area contributed by atoms with Crippen molar-refractivity contribution in [3.05, 3.63) is 11.6 Å². The monoisotopic (exact) mass is 127 g/mol. The van der Waals surface area contributed by atoms with Crippen LogP contribution in [0.2, 0.25) is 0 Å². The average Bonchev–Trinajstić information content (AvgIpc) is 1.90. The molecule has 0 amide bonds. The lowest BCUT2D eigenvalue weighted by Gasteiger charge is -2.05.